The van der Waals surface area contributed by atoms with E-state index in [1.54, 1.807) is 18.2 Å². The first-order valence-electron chi connectivity index (χ1n) is 10.4. The first-order chi connectivity index (χ1) is 15.6. The molecule has 8 nitrogen and oxygen atoms in total. The van der Waals surface area contributed by atoms with Gasteiger partial charge in [-0.05, 0) is 57.1 Å². The number of thiazole rings is 1. The molecule has 4 rings (SSSR count). The van der Waals surface area contributed by atoms with E-state index in [1.165, 1.54) is 18.2 Å². The highest BCUT2D eigenvalue weighted by Crippen LogP contribution is 2.32. The maximum atomic E-state index is 13.2. The molecule has 0 spiro atoms. The molecule has 11 heteroatoms. The van der Waals surface area contributed by atoms with Crippen LogP contribution in [0.15, 0.2) is 41.3 Å². The number of fused-ring (bicyclic) bond motifs is 1. The first kappa shape index (κ1) is 23.6. The van der Waals surface area contributed by atoms with Crippen molar-refractivity contribution < 1.29 is 18.0 Å². The van der Waals surface area contributed by atoms with Gasteiger partial charge in [0, 0.05) is 12.6 Å². The van der Waals surface area contributed by atoms with E-state index in [2.05, 4.69) is 29.0 Å². The molecule has 2 amide bonds. The lowest BCUT2D eigenvalue weighted by atomic mass is 10.1. The zero-order chi connectivity index (χ0) is 23.9. The van der Waals surface area contributed by atoms with Gasteiger partial charge < -0.3 is 5.73 Å². The van der Waals surface area contributed by atoms with Gasteiger partial charge in [0.05, 0.1) is 36.5 Å². The van der Waals surface area contributed by atoms with Crippen LogP contribution in [-0.2, 0) is 9.84 Å². The average molecular weight is 507 g/mol. The van der Waals surface area contributed by atoms with Gasteiger partial charge in [-0.1, -0.05) is 29.0 Å². The molecule has 3 N–H and O–H groups in total. The van der Waals surface area contributed by atoms with E-state index in [4.69, 9.17) is 17.3 Å². The van der Waals surface area contributed by atoms with Crippen molar-refractivity contribution in [3.8, 4) is 0 Å². The Bertz CT molecular complexity index is 1350. The van der Waals surface area contributed by atoms with Crippen LogP contribution < -0.4 is 11.1 Å². The number of nitrogens with zero attached hydrogens (tertiary/aromatic N) is 2. The van der Waals surface area contributed by atoms with E-state index in [-0.39, 0.29) is 26.2 Å². The lowest BCUT2D eigenvalue weighted by Gasteiger charge is -2.20. The van der Waals surface area contributed by atoms with Crippen molar-refractivity contribution in [2.75, 3.05) is 18.4 Å². The quantitative estimate of drug-likeness (QED) is 0.527. The summed E-state index contributed by atoms with van der Waals surface area (Å²) in [5.74, 6) is -1.28. The monoisotopic (exact) mass is 506 g/mol. The van der Waals surface area contributed by atoms with Gasteiger partial charge in [0.25, 0.3) is 5.91 Å². The molecule has 1 saturated heterocycles. The maximum absolute atomic E-state index is 13.2. The van der Waals surface area contributed by atoms with Crippen molar-refractivity contribution in [2.24, 2.45) is 5.73 Å². The molecule has 0 bridgehead atoms. The number of benzene rings is 2. The van der Waals surface area contributed by atoms with Gasteiger partial charge in [-0.15, -0.1) is 0 Å². The Morgan fingerprint density at radius 2 is 1.97 bits per heavy atom. The standard InChI is InChI=1S/C22H23ClN4O4S2/c1-12(2)27-9-8-14(11-27)33(30,31)13-6-7-17-18(10-13)32-22(25-17)26-21(29)16-5-3-4-15(19(16)23)20(24)28/h3-7,10,12,14H,8-9,11H2,1-2H3,(H2,24,28)(H,25,26,29). The summed E-state index contributed by atoms with van der Waals surface area (Å²) in [6, 6.07) is 9.54. The number of hydrogen-bond donors (Lipinski definition) is 2. The van der Waals surface area contributed by atoms with Crippen LogP contribution in [0.2, 0.25) is 5.02 Å². The largest absolute Gasteiger partial charge is 0.366 e. The Hall–Kier alpha value is -2.53. The predicted molar refractivity (Wildman–Crippen MR) is 130 cm³/mol. The molecule has 33 heavy (non-hydrogen) atoms. The van der Waals surface area contributed by atoms with E-state index in [9.17, 15) is 18.0 Å². The minimum absolute atomic E-state index is 0.0380. The number of halogens is 1. The van der Waals surface area contributed by atoms with Gasteiger partial charge in [0.1, 0.15) is 0 Å². The number of nitrogens with two attached hydrogens (primary N) is 1. The number of sulfone groups is 1. The van der Waals surface area contributed by atoms with Gasteiger partial charge in [-0.2, -0.15) is 0 Å². The van der Waals surface area contributed by atoms with Crippen LogP contribution in [-0.4, -0.2) is 54.5 Å². The number of hydrogen-bond acceptors (Lipinski definition) is 7. The third-order valence-corrected chi connectivity index (χ3v) is 9.28. The van der Waals surface area contributed by atoms with Gasteiger partial charge in [0.15, 0.2) is 15.0 Å². The third kappa shape index (κ3) is 4.61. The van der Waals surface area contributed by atoms with E-state index < -0.39 is 26.9 Å². The van der Waals surface area contributed by atoms with Crippen molar-refractivity contribution in [1.82, 2.24) is 9.88 Å². The number of aromatic nitrogens is 1. The molecule has 1 aliphatic rings. The topological polar surface area (TPSA) is 122 Å². The summed E-state index contributed by atoms with van der Waals surface area (Å²) >= 11 is 7.32. The van der Waals surface area contributed by atoms with Crippen molar-refractivity contribution in [1.29, 1.82) is 0 Å². The lowest BCUT2D eigenvalue weighted by molar-refractivity contribution is 0.100. The highest BCUT2D eigenvalue weighted by atomic mass is 35.5. The SMILES string of the molecule is CC(C)N1CCC(S(=O)(=O)c2ccc3nc(NC(=O)c4cccc(C(N)=O)c4Cl)sc3c2)C1. The summed E-state index contributed by atoms with van der Waals surface area (Å²) in [6.07, 6.45) is 0.605. The second kappa shape index (κ2) is 9.02. The molecular weight excluding hydrogens is 484 g/mol. The predicted octanol–water partition coefficient (Wildman–Crippen LogP) is 3.56. The molecule has 0 radical (unpaired) electrons. The van der Waals surface area contributed by atoms with Crippen molar-refractivity contribution >= 4 is 59.9 Å². The van der Waals surface area contributed by atoms with Gasteiger partial charge in [-0.3, -0.25) is 19.8 Å². The summed E-state index contributed by atoms with van der Waals surface area (Å²) in [5.41, 5.74) is 5.99. The summed E-state index contributed by atoms with van der Waals surface area (Å²) in [4.78, 5) is 31.0. The van der Waals surface area contributed by atoms with Crippen molar-refractivity contribution in [3.05, 3.63) is 52.5 Å². The summed E-state index contributed by atoms with van der Waals surface area (Å²) in [5, 5.41) is 2.47. The summed E-state index contributed by atoms with van der Waals surface area (Å²) < 4.78 is 27.0. The number of nitrogens with one attached hydrogen (secondary N) is 1. The third-order valence-electron chi connectivity index (χ3n) is 5.76. The van der Waals surface area contributed by atoms with Crippen molar-refractivity contribution in [2.45, 2.75) is 36.5 Å². The van der Waals surface area contributed by atoms with E-state index in [0.29, 0.717) is 29.2 Å². The Balaban J connectivity index is 1.57. The second-order valence-corrected chi connectivity index (χ2v) is 11.8. The Morgan fingerprint density at radius 3 is 2.64 bits per heavy atom. The molecule has 2 heterocycles. The minimum atomic E-state index is -3.48. The van der Waals surface area contributed by atoms with E-state index in [0.717, 1.165) is 17.9 Å². The smallest absolute Gasteiger partial charge is 0.258 e. The molecule has 0 aliphatic carbocycles. The molecule has 3 aromatic rings. The van der Waals surface area contributed by atoms with Crippen LogP contribution in [0, 0.1) is 0 Å². The normalized spacial score (nSPS) is 17.0. The first-order valence-corrected chi connectivity index (χ1v) is 13.1. The fourth-order valence-electron chi connectivity index (χ4n) is 3.87. The van der Waals surface area contributed by atoms with Crippen LogP contribution in [0.25, 0.3) is 10.2 Å². The van der Waals surface area contributed by atoms with Crippen LogP contribution >= 0.6 is 22.9 Å². The second-order valence-electron chi connectivity index (χ2n) is 8.18. The van der Waals surface area contributed by atoms with E-state index in [1.807, 2.05) is 0 Å². The number of likely N-dealkylation sites (tertiary alicyclic amines) is 1. The van der Waals surface area contributed by atoms with Crippen LogP contribution in [0.5, 0.6) is 0 Å². The molecule has 174 valence electrons. The number of anilines is 1. The molecule has 1 aliphatic heterocycles. The fraction of sp³-hybridized carbons (Fsp3) is 0.318. The Labute approximate surface area is 200 Å². The summed E-state index contributed by atoms with van der Waals surface area (Å²) in [6.45, 7) is 5.41. The van der Waals surface area contributed by atoms with Crippen LogP contribution in [0.4, 0.5) is 5.13 Å². The number of rotatable bonds is 6. The molecule has 1 atom stereocenters. The highest BCUT2D eigenvalue weighted by molar-refractivity contribution is 7.92. The zero-order valence-corrected chi connectivity index (χ0v) is 20.4. The van der Waals surface area contributed by atoms with Gasteiger partial charge in [0.2, 0.25) is 5.91 Å². The number of carbonyl (C=O) groups is 2. The van der Waals surface area contributed by atoms with Crippen molar-refractivity contribution in [3.63, 3.8) is 0 Å². The minimum Gasteiger partial charge on any atom is -0.366 e. The number of carbonyl (C=O) groups excluding carboxylic acids is 2. The molecule has 0 saturated carbocycles. The summed E-state index contributed by atoms with van der Waals surface area (Å²) in [7, 11) is -3.48. The number of amides is 2. The van der Waals surface area contributed by atoms with E-state index >= 15 is 0 Å². The average Bonchev–Trinajstić information content (AvgIpc) is 3.40. The molecule has 2 aromatic carbocycles. The van der Waals surface area contributed by atoms with Crippen LogP contribution in [0.1, 0.15) is 41.0 Å². The molecule has 1 fully saturated rings. The lowest BCUT2D eigenvalue weighted by Crippen LogP contribution is -2.31. The zero-order valence-electron chi connectivity index (χ0n) is 18.0. The Morgan fingerprint density at radius 1 is 1.24 bits per heavy atom. The van der Waals surface area contributed by atoms with Gasteiger partial charge >= 0.3 is 0 Å². The molecule has 1 unspecified atom stereocenters. The molecule has 1 aromatic heterocycles. The Kier molecular flexibility index (Phi) is 6.45. The molecular formula is C22H23ClN4O4S2. The van der Waals surface area contributed by atoms with Gasteiger partial charge in [-0.25, -0.2) is 13.4 Å². The fourth-order valence-corrected chi connectivity index (χ4v) is 6.87. The van der Waals surface area contributed by atoms with Crippen LogP contribution in [0.3, 0.4) is 0 Å². The maximum Gasteiger partial charge on any atom is 0.258 e. The number of primary amides is 1. The highest BCUT2D eigenvalue weighted by Gasteiger charge is 2.35.